The molecule has 0 aliphatic heterocycles. The van der Waals surface area contributed by atoms with Gasteiger partial charge in [-0.3, -0.25) is 4.79 Å². The Morgan fingerprint density at radius 2 is 1.96 bits per heavy atom. The Hall–Kier alpha value is -1.37. The number of aromatic hydroxyl groups is 1. The normalized spacial score (nSPS) is 11.0. The molecular weight excluding hydrogens is 462 g/mol. The largest absolute Gasteiger partial charge is 0.508 e. The fourth-order valence-corrected chi connectivity index (χ4v) is 4.24. The second-order valence-electron chi connectivity index (χ2n) is 6.38. The molecule has 0 spiro atoms. The molecule has 0 heterocycles. The van der Waals surface area contributed by atoms with Crippen LogP contribution >= 0.6 is 31.9 Å². The van der Waals surface area contributed by atoms with Crippen molar-refractivity contribution in [3.63, 3.8) is 0 Å². The monoisotopic (exact) mass is 483 g/mol. The molecule has 2 rings (SSSR count). The number of hydrogen-bond donors (Lipinski definition) is 2. The number of benzene rings is 2. The summed E-state index contributed by atoms with van der Waals surface area (Å²) in [5.41, 5.74) is 7.87. The van der Waals surface area contributed by atoms with Crippen LogP contribution in [0.5, 0.6) is 17.2 Å². The summed E-state index contributed by atoms with van der Waals surface area (Å²) in [5, 5.41) is 10.00. The van der Waals surface area contributed by atoms with Crippen LogP contribution in [0.15, 0.2) is 33.2 Å². The number of nitrogens with two attached hydrogens (primary N) is 1. The first kappa shape index (κ1) is 20.9. The number of carbonyl (C=O) groups excluding carboxylic acids is 1. The first-order valence-corrected chi connectivity index (χ1v) is 10.1. The van der Waals surface area contributed by atoms with Gasteiger partial charge in [-0.15, -0.1) is 0 Å². The number of ether oxygens (including phenoxy) is 1. The molecule has 0 amide bonds. The van der Waals surface area contributed by atoms with Crippen LogP contribution in [0.1, 0.15) is 54.6 Å². The number of phenols is 1. The van der Waals surface area contributed by atoms with Gasteiger partial charge in [0, 0.05) is 11.1 Å². The van der Waals surface area contributed by atoms with Crippen molar-refractivity contribution in [2.75, 3.05) is 6.54 Å². The molecule has 0 saturated heterocycles. The molecule has 0 aliphatic carbocycles. The minimum Gasteiger partial charge on any atom is -0.508 e. The Kier molecular flexibility index (Phi) is 7.26. The van der Waals surface area contributed by atoms with Crippen molar-refractivity contribution in [2.45, 2.75) is 39.5 Å². The second-order valence-corrected chi connectivity index (χ2v) is 8.03. The lowest BCUT2D eigenvalue weighted by Crippen LogP contribution is -2.16. The van der Waals surface area contributed by atoms with E-state index in [1.54, 1.807) is 18.2 Å². The molecule has 0 aliphatic rings. The summed E-state index contributed by atoms with van der Waals surface area (Å²) in [6, 6.07) is 6.95. The van der Waals surface area contributed by atoms with Crippen LogP contribution in [0.3, 0.4) is 0 Å². The van der Waals surface area contributed by atoms with Gasteiger partial charge in [-0.05, 0) is 74.0 Å². The summed E-state index contributed by atoms with van der Waals surface area (Å²) in [6.07, 6.45) is 1.62. The Morgan fingerprint density at radius 1 is 1.27 bits per heavy atom. The molecule has 0 radical (unpaired) electrons. The van der Waals surface area contributed by atoms with Gasteiger partial charge in [0.2, 0.25) is 0 Å². The van der Waals surface area contributed by atoms with Gasteiger partial charge in [-0.2, -0.15) is 0 Å². The SMILES string of the molecule is CCCc1c(C(=O)CN)cc(Br)c(Oc2ccc(O)c(C(C)C)c2)c1Br. The Bertz CT molecular complexity index is 819. The highest BCUT2D eigenvalue weighted by molar-refractivity contribution is 9.11. The lowest BCUT2D eigenvalue weighted by atomic mass is 9.99. The van der Waals surface area contributed by atoms with E-state index in [1.165, 1.54) is 0 Å². The number of halogens is 2. The Morgan fingerprint density at radius 3 is 2.54 bits per heavy atom. The van der Waals surface area contributed by atoms with Crippen molar-refractivity contribution in [1.82, 2.24) is 0 Å². The van der Waals surface area contributed by atoms with Crippen LogP contribution < -0.4 is 10.5 Å². The third-order valence-corrected chi connectivity index (χ3v) is 5.53. The first-order chi connectivity index (χ1) is 12.3. The lowest BCUT2D eigenvalue weighted by molar-refractivity contribution is 0.100. The maximum absolute atomic E-state index is 12.2. The molecule has 4 nitrogen and oxygen atoms in total. The highest BCUT2D eigenvalue weighted by Crippen LogP contribution is 2.42. The zero-order valence-electron chi connectivity index (χ0n) is 15.1. The highest BCUT2D eigenvalue weighted by atomic mass is 79.9. The topological polar surface area (TPSA) is 72.6 Å². The molecule has 0 fully saturated rings. The van der Waals surface area contributed by atoms with Crippen LogP contribution in [0, 0.1) is 0 Å². The van der Waals surface area contributed by atoms with Crippen molar-refractivity contribution in [1.29, 1.82) is 0 Å². The van der Waals surface area contributed by atoms with Gasteiger partial charge in [-0.1, -0.05) is 27.2 Å². The summed E-state index contributed by atoms with van der Waals surface area (Å²) >= 11 is 7.11. The molecule has 26 heavy (non-hydrogen) atoms. The van der Waals surface area contributed by atoms with E-state index in [9.17, 15) is 9.90 Å². The van der Waals surface area contributed by atoms with Gasteiger partial charge in [0.15, 0.2) is 11.5 Å². The molecular formula is C20H23Br2NO3. The minimum atomic E-state index is -0.104. The number of ketones is 1. The van der Waals surface area contributed by atoms with Crippen LogP contribution in [-0.4, -0.2) is 17.4 Å². The predicted octanol–water partition coefficient (Wildman–Crippen LogP) is 5.93. The zero-order valence-corrected chi connectivity index (χ0v) is 18.3. The van der Waals surface area contributed by atoms with Gasteiger partial charge in [0.1, 0.15) is 11.5 Å². The smallest absolute Gasteiger partial charge is 0.176 e. The summed E-state index contributed by atoms with van der Waals surface area (Å²) in [7, 11) is 0. The Labute approximate surface area is 171 Å². The van der Waals surface area contributed by atoms with E-state index in [2.05, 4.69) is 38.8 Å². The fraction of sp³-hybridized carbons (Fsp3) is 0.350. The third-order valence-electron chi connectivity index (χ3n) is 4.10. The van der Waals surface area contributed by atoms with E-state index in [1.807, 2.05) is 19.9 Å². The van der Waals surface area contributed by atoms with Crippen LogP contribution in [-0.2, 0) is 6.42 Å². The molecule has 6 heteroatoms. The molecule has 2 aromatic rings. The van der Waals surface area contributed by atoms with Crippen LogP contribution in [0.25, 0.3) is 0 Å². The molecule has 2 aromatic carbocycles. The van der Waals surface area contributed by atoms with Crippen molar-refractivity contribution in [3.05, 3.63) is 49.9 Å². The Balaban J connectivity index is 2.52. The fourth-order valence-electron chi connectivity index (χ4n) is 2.76. The summed E-state index contributed by atoms with van der Waals surface area (Å²) < 4.78 is 7.50. The van der Waals surface area contributed by atoms with Crippen molar-refractivity contribution in [3.8, 4) is 17.2 Å². The van der Waals surface area contributed by atoms with Crippen molar-refractivity contribution < 1.29 is 14.6 Å². The van der Waals surface area contributed by atoms with Gasteiger partial charge in [0.05, 0.1) is 15.5 Å². The van der Waals surface area contributed by atoms with E-state index >= 15 is 0 Å². The highest BCUT2D eigenvalue weighted by Gasteiger charge is 2.20. The van der Waals surface area contributed by atoms with Crippen molar-refractivity contribution in [2.24, 2.45) is 5.73 Å². The number of hydrogen-bond acceptors (Lipinski definition) is 4. The van der Waals surface area contributed by atoms with Crippen LogP contribution in [0.2, 0.25) is 0 Å². The molecule has 0 saturated carbocycles. The maximum atomic E-state index is 12.2. The number of carbonyl (C=O) groups is 1. The predicted molar refractivity (Wildman–Crippen MR) is 111 cm³/mol. The number of rotatable bonds is 7. The molecule has 0 aromatic heterocycles. The zero-order chi connectivity index (χ0) is 19.4. The molecule has 0 unspecified atom stereocenters. The van der Waals surface area contributed by atoms with E-state index in [0.717, 1.165) is 28.4 Å². The number of Topliss-reactive ketones (excluding diaryl/α,β-unsaturated/α-hetero) is 1. The van der Waals surface area contributed by atoms with Gasteiger partial charge >= 0.3 is 0 Å². The third kappa shape index (κ3) is 4.48. The van der Waals surface area contributed by atoms with Gasteiger partial charge < -0.3 is 15.6 Å². The van der Waals surface area contributed by atoms with E-state index in [4.69, 9.17) is 10.5 Å². The quantitative estimate of drug-likeness (QED) is 0.478. The van der Waals surface area contributed by atoms with E-state index in [0.29, 0.717) is 21.5 Å². The average Bonchev–Trinajstić information content (AvgIpc) is 2.61. The van der Waals surface area contributed by atoms with Crippen LogP contribution in [0.4, 0.5) is 0 Å². The summed E-state index contributed by atoms with van der Waals surface area (Å²) in [6.45, 7) is 6.04. The van der Waals surface area contributed by atoms with E-state index in [-0.39, 0.29) is 24.0 Å². The molecule has 0 atom stereocenters. The minimum absolute atomic E-state index is 0.0362. The molecule has 140 valence electrons. The van der Waals surface area contributed by atoms with Gasteiger partial charge in [0.25, 0.3) is 0 Å². The number of phenolic OH excluding ortho intramolecular Hbond substituents is 1. The lowest BCUT2D eigenvalue weighted by Gasteiger charge is -2.17. The first-order valence-electron chi connectivity index (χ1n) is 8.55. The summed E-state index contributed by atoms with van der Waals surface area (Å²) in [4.78, 5) is 12.2. The second kappa shape index (κ2) is 9.02. The molecule has 3 N–H and O–H groups in total. The van der Waals surface area contributed by atoms with E-state index < -0.39 is 0 Å². The summed E-state index contributed by atoms with van der Waals surface area (Å²) in [5.74, 6) is 1.54. The average molecular weight is 485 g/mol. The van der Waals surface area contributed by atoms with Gasteiger partial charge in [-0.25, -0.2) is 0 Å². The standard InChI is InChI=1S/C20H23Br2NO3/c1-4-5-13-15(18(25)10-23)9-16(21)20(19(13)22)26-12-6-7-17(24)14(8-12)11(2)3/h6-9,11,24H,4-5,10,23H2,1-3H3. The maximum Gasteiger partial charge on any atom is 0.176 e. The molecule has 0 bridgehead atoms. The van der Waals surface area contributed by atoms with Crippen molar-refractivity contribution >= 4 is 37.6 Å².